The largest absolute Gasteiger partial charge is 0.459 e. The van der Waals surface area contributed by atoms with Crippen molar-refractivity contribution in [1.82, 2.24) is 20.3 Å². The minimum absolute atomic E-state index is 0.0860. The molecule has 1 N–H and O–H groups in total. The standard InChI is InChI=1S/C15H17BrN4O/c1-4-17-13(14-15(16)18-19-20(14)3)12-8-10-7-9(2)5-6-11(10)21-12/h5-8,13,17H,4H2,1-3H3. The molecule has 0 aliphatic rings. The average Bonchev–Trinajstić information content (AvgIpc) is 3.00. The highest BCUT2D eigenvalue weighted by Crippen LogP contribution is 2.31. The van der Waals surface area contributed by atoms with Crippen molar-refractivity contribution < 1.29 is 4.42 Å². The molecule has 1 unspecified atom stereocenters. The van der Waals surface area contributed by atoms with Gasteiger partial charge in [0.15, 0.2) is 4.60 Å². The first-order valence-electron chi connectivity index (χ1n) is 6.88. The molecule has 1 atom stereocenters. The van der Waals surface area contributed by atoms with Gasteiger partial charge in [-0.2, -0.15) is 0 Å². The number of nitrogens with one attached hydrogen (secondary N) is 1. The van der Waals surface area contributed by atoms with E-state index in [0.717, 1.165) is 33.6 Å². The Bertz CT molecular complexity index is 758. The van der Waals surface area contributed by atoms with Gasteiger partial charge in [-0.05, 0) is 47.6 Å². The normalized spacial score (nSPS) is 13.0. The Hall–Kier alpha value is -1.66. The Morgan fingerprint density at radius 3 is 2.86 bits per heavy atom. The number of aryl methyl sites for hydroxylation is 2. The van der Waals surface area contributed by atoms with Crippen LogP contribution in [0.5, 0.6) is 0 Å². The number of benzene rings is 1. The SMILES string of the molecule is CCNC(c1cc2cc(C)ccc2o1)c1c(Br)nnn1C. The lowest BCUT2D eigenvalue weighted by atomic mass is 10.1. The molecular formula is C15H17BrN4O. The van der Waals surface area contributed by atoms with Crippen LogP contribution < -0.4 is 5.32 Å². The van der Waals surface area contributed by atoms with E-state index in [0.29, 0.717) is 0 Å². The van der Waals surface area contributed by atoms with Gasteiger partial charge in [0.1, 0.15) is 17.4 Å². The van der Waals surface area contributed by atoms with Crippen LogP contribution in [-0.2, 0) is 7.05 Å². The van der Waals surface area contributed by atoms with Gasteiger partial charge in [-0.15, -0.1) is 5.10 Å². The topological polar surface area (TPSA) is 55.9 Å². The average molecular weight is 349 g/mol. The summed E-state index contributed by atoms with van der Waals surface area (Å²) in [5, 5.41) is 12.7. The molecule has 21 heavy (non-hydrogen) atoms. The third-order valence-corrected chi connectivity index (χ3v) is 4.05. The molecule has 0 saturated heterocycles. The van der Waals surface area contributed by atoms with Crippen molar-refractivity contribution in [2.45, 2.75) is 19.9 Å². The number of halogens is 1. The predicted molar refractivity (Wildman–Crippen MR) is 85.2 cm³/mol. The lowest BCUT2D eigenvalue weighted by molar-refractivity contribution is 0.457. The van der Waals surface area contributed by atoms with Crippen LogP contribution in [0.25, 0.3) is 11.0 Å². The van der Waals surface area contributed by atoms with Gasteiger partial charge in [-0.3, -0.25) is 0 Å². The van der Waals surface area contributed by atoms with Crippen LogP contribution >= 0.6 is 15.9 Å². The summed E-state index contributed by atoms with van der Waals surface area (Å²) in [6, 6.07) is 8.18. The molecule has 2 heterocycles. The molecule has 0 bridgehead atoms. The summed E-state index contributed by atoms with van der Waals surface area (Å²) < 4.78 is 8.51. The maximum absolute atomic E-state index is 6.02. The van der Waals surface area contributed by atoms with Crippen molar-refractivity contribution >= 4 is 26.9 Å². The molecule has 3 aromatic rings. The van der Waals surface area contributed by atoms with E-state index < -0.39 is 0 Å². The van der Waals surface area contributed by atoms with Gasteiger partial charge in [0, 0.05) is 12.4 Å². The van der Waals surface area contributed by atoms with Gasteiger partial charge in [0.2, 0.25) is 0 Å². The van der Waals surface area contributed by atoms with Crippen LogP contribution in [0.15, 0.2) is 33.3 Å². The van der Waals surface area contributed by atoms with E-state index in [1.807, 2.05) is 13.1 Å². The highest BCUT2D eigenvalue weighted by atomic mass is 79.9. The zero-order valence-electron chi connectivity index (χ0n) is 12.2. The molecule has 3 rings (SSSR count). The molecule has 0 aliphatic heterocycles. The van der Waals surface area contributed by atoms with E-state index in [4.69, 9.17) is 4.42 Å². The van der Waals surface area contributed by atoms with E-state index in [2.05, 4.69) is 63.6 Å². The second kappa shape index (κ2) is 5.61. The van der Waals surface area contributed by atoms with Crippen molar-refractivity contribution in [1.29, 1.82) is 0 Å². The molecule has 0 fully saturated rings. The fourth-order valence-electron chi connectivity index (χ4n) is 2.51. The number of furan rings is 1. The van der Waals surface area contributed by atoms with Gasteiger partial charge in [-0.1, -0.05) is 23.8 Å². The third-order valence-electron chi connectivity index (χ3n) is 3.48. The first-order chi connectivity index (χ1) is 10.1. The van der Waals surface area contributed by atoms with E-state index in [-0.39, 0.29) is 6.04 Å². The first-order valence-corrected chi connectivity index (χ1v) is 7.68. The third kappa shape index (κ3) is 2.61. The van der Waals surface area contributed by atoms with Gasteiger partial charge in [0.05, 0.1) is 5.69 Å². The number of fused-ring (bicyclic) bond motifs is 1. The van der Waals surface area contributed by atoms with Gasteiger partial charge >= 0.3 is 0 Å². The molecule has 5 nitrogen and oxygen atoms in total. The maximum atomic E-state index is 6.02. The predicted octanol–water partition coefficient (Wildman–Crippen LogP) is 3.33. The molecule has 0 saturated carbocycles. The van der Waals surface area contributed by atoms with Crippen LogP contribution in [-0.4, -0.2) is 21.5 Å². The number of hydrogen-bond acceptors (Lipinski definition) is 4. The van der Waals surface area contributed by atoms with E-state index in [1.165, 1.54) is 5.56 Å². The van der Waals surface area contributed by atoms with Crippen LogP contribution in [0.1, 0.15) is 30.0 Å². The highest BCUT2D eigenvalue weighted by Gasteiger charge is 2.24. The fraction of sp³-hybridized carbons (Fsp3) is 0.333. The summed E-state index contributed by atoms with van der Waals surface area (Å²) in [5.41, 5.74) is 3.07. The Balaban J connectivity index is 2.11. The molecule has 110 valence electrons. The van der Waals surface area contributed by atoms with Crippen molar-refractivity contribution in [3.63, 3.8) is 0 Å². The van der Waals surface area contributed by atoms with E-state index in [9.17, 15) is 0 Å². The zero-order valence-corrected chi connectivity index (χ0v) is 13.8. The van der Waals surface area contributed by atoms with Gasteiger partial charge in [-0.25, -0.2) is 4.68 Å². The van der Waals surface area contributed by atoms with Crippen molar-refractivity contribution in [3.8, 4) is 0 Å². The minimum atomic E-state index is -0.0860. The number of aromatic nitrogens is 3. The van der Waals surface area contributed by atoms with Gasteiger partial charge in [0.25, 0.3) is 0 Å². The zero-order chi connectivity index (χ0) is 15.0. The Morgan fingerprint density at radius 1 is 1.38 bits per heavy atom. The van der Waals surface area contributed by atoms with Crippen molar-refractivity contribution in [2.24, 2.45) is 7.05 Å². The van der Waals surface area contributed by atoms with Crippen LogP contribution in [0.3, 0.4) is 0 Å². The lowest BCUT2D eigenvalue weighted by Gasteiger charge is -2.15. The quantitative estimate of drug-likeness (QED) is 0.785. The Morgan fingerprint density at radius 2 is 2.19 bits per heavy atom. The molecule has 2 aromatic heterocycles. The Labute approximate surface area is 131 Å². The van der Waals surface area contributed by atoms with Crippen molar-refractivity contribution in [2.75, 3.05) is 6.54 Å². The Kier molecular flexibility index (Phi) is 3.82. The number of rotatable bonds is 4. The first kappa shape index (κ1) is 14.3. The number of nitrogens with zero attached hydrogens (tertiary/aromatic N) is 3. The lowest BCUT2D eigenvalue weighted by Crippen LogP contribution is -2.24. The molecule has 0 aliphatic carbocycles. The van der Waals surface area contributed by atoms with Crippen LogP contribution in [0.4, 0.5) is 0 Å². The summed E-state index contributed by atoms with van der Waals surface area (Å²) >= 11 is 3.46. The summed E-state index contributed by atoms with van der Waals surface area (Å²) in [4.78, 5) is 0. The molecule has 0 spiro atoms. The summed E-state index contributed by atoms with van der Waals surface area (Å²) in [6.45, 7) is 4.96. The summed E-state index contributed by atoms with van der Waals surface area (Å²) in [6.07, 6.45) is 0. The number of hydrogen-bond donors (Lipinski definition) is 1. The monoisotopic (exact) mass is 348 g/mol. The summed E-state index contributed by atoms with van der Waals surface area (Å²) in [7, 11) is 1.88. The molecule has 6 heteroatoms. The second-order valence-corrected chi connectivity index (χ2v) is 5.82. The van der Waals surface area contributed by atoms with Crippen LogP contribution in [0, 0.1) is 6.92 Å². The smallest absolute Gasteiger partial charge is 0.153 e. The molecular weight excluding hydrogens is 332 g/mol. The van der Waals surface area contributed by atoms with E-state index in [1.54, 1.807) is 4.68 Å². The molecule has 0 amide bonds. The highest BCUT2D eigenvalue weighted by molar-refractivity contribution is 9.10. The molecule has 1 aromatic carbocycles. The van der Waals surface area contributed by atoms with Crippen molar-refractivity contribution in [3.05, 3.63) is 45.9 Å². The van der Waals surface area contributed by atoms with E-state index >= 15 is 0 Å². The fourth-order valence-corrected chi connectivity index (χ4v) is 3.06. The molecule has 0 radical (unpaired) electrons. The second-order valence-electron chi connectivity index (χ2n) is 5.07. The van der Waals surface area contributed by atoms with Gasteiger partial charge < -0.3 is 9.73 Å². The minimum Gasteiger partial charge on any atom is -0.459 e. The summed E-state index contributed by atoms with van der Waals surface area (Å²) in [5.74, 6) is 0.864. The maximum Gasteiger partial charge on any atom is 0.153 e. The van der Waals surface area contributed by atoms with Crippen LogP contribution in [0.2, 0.25) is 0 Å².